The lowest BCUT2D eigenvalue weighted by Gasteiger charge is -2.34. The van der Waals surface area contributed by atoms with Crippen LogP contribution in [0.4, 0.5) is 5.69 Å². The Balaban J connectivity index is 1.39. The zero-order valence-electron chi connectivity index (χ0n) is 16.3. The van der Waals surface area contributed by atoms with E-state index in [0.29, 0.717) is 25.9 Å². The summed E-state index contributed by atoms with van der Waals surface area (Å²) < 4.78 is 18.4. The summed E-state index contributed by atoms with van der Waals surface area (Å²) in [6, 6.07) is 14.6. The maximum Gasteiger partial charge on any atom is 0.135 e. The van der Waals surface area contributed by atoms with Gasteiger partial charge >= 0.3 is 0 Å². The van der Waals surface area contributed by atoms with Crippen LogP contribution in [0.3, 0.4) is 0 Å². The Kier molecular flexibility index (Phi) is 6.31. The molecule has 0 radical (unpaired) electrons. The molecule has 5 nitrogen and oxygen atoms in total. The largest absolute Gasteiger partial charge is 0.378 e. The number of hydrogen-bond donors (Lipinski definition) is 0. The topological polar surface area (TPSA) is 43.8 Å². The first-order chi connectivity index (χ1) is 13.7. The highest BCUT2D eigenvalue weighted by Gasteiger charge is 2.39. The van der Waals surface area contributed by atoms with Crippen LogP contribution in [0.5, 0.6) is 0 Å². The first-order valence-electron chi connectivity index (χ1n) is 9.90. The summed E-state index contributed by atoms with van der Waals surface area (Å²) in [6.45, 7) is 3.91. The molecule has 0 spiro atoms. The zero-order chi connectivity index (χ0) is 19.4. The molecule has 28 heavy (non-hydrogen) atoms. The zero-order valence-corrected chi connectivity index (χ0v) is 17.9. The molecular weight excluding hydrogens is 420 g/mol. The number of nitrogens with zero attached hydrogens (tertiary/aromatic N) is 2. The molecule has 3 heterocycles. The third-order valence-corrected chi connectivity index (χ3v) is 6.16. The van der Waals surface area contributed by atoms with Crippen LogP contribution in [-0.4, -0.2) is 44.5 Å². The van der Waals surface area contributed by atoms with Crippen LogP contribution in [0.15, 0.2) is 47.1 Å². The van der Waals surface area contributed by atoms with E-state index in [9.17, 15) is 0 Å². The van der Waals surface area contributed by atoms with Gasteiger partial charge in [-0.15, -0.1) is 0 Å². The molecule has 0 saturated carbocycles. The van der Waals surface area contributed by atoms with Gasteiger partial charge in [0, 0.05) is 38.9 Å². The monoisotopic (exact) mass is 446 g/mol. The number of rotatable bonds is 6. The van der Waals surface area contributed by atoms with E-state index in [0.717, 1.165) is 42.6 Å². The van der Waals surface area contributed by atoms with E-state index in [-0.39, 0.29) is 0 Å². The molecule has 4 rings (SSSR count). The molecule has 1 aromatic heterocycles. The first kappa shape index (κ1) is 19.8. The minimum Gasteiger partial charge on any atom is -0.378 e. The number of methoxy groups -OCH3 is 1. The van der Waals surface area contributed by atoms with Gasteiger partial charge in [0.05, 0.1) is 25.0 Å². The van der Waals surface area contributed by atoms with Crippen LogP contribution < -0.4 is 4.90 Å². The summed E-state index contributed by atoms with van der Waals surface area (Å²) in [5.41, 5.74) is 2.92. The minimum atomic E-state index is -0.435. The van der Waals surface area contributed by atoms with E-state index in [1.54, 1.807) is 7.11 Å². The fourth-order valence-corrected chi connectivity index (χ4v) is 4.41. The van der Waals surface area contributed by atoms with E-state index in [2.05, 4.69) is 57.2 Å². The lowest BCUT2D eigenvalue weighted by atomic mass is 9.97. The number of ether oxygens (including phenoxy) is 3. The van der Waals surface area contributed by atoms with Crippen molar-refractivity contribution in [2.24, 2.45) is 0 Å². The normalized spacial score (nSPS) is 23.3. The fraction of sp³-hybridized carbons (Fsp3) is 0.500. The third-order valence-electron chi connectivity index (χ3n) is 5.76. The molecular formula is C22H27BrN2O3. The van der Waals surface area contributed by atoms with Gasteiger partial charge in [-0.1, -0.05) is 30.3 Å². The Labute approximate surface area is 175 Å². The molecule has 0 aliphatic carbocycles. The molecule has 0 bridgehead atoms. The van der Waals surface area contributed by atoms with E-state index >= 15 is 0 Å². The summed E-state index contributed by atoms with van der Waals surface area (Å²) in [7, 11) is 1.74. The average Bonchev–Trinajstić information content (AvgIpc) is 3.23. The Morgan fingerprint density at radius 2 is 2.00 bits per heavy atom. The van der Waals surface area contributed by atoms with Crippen LogP contribution in [0.1, 0.15) is 30.5 Å². The van der Waals surface area contributed by atoms with Gasteiger partial charge in [0.25, 0.3) is 0 Å². The van der Waals surface area contributed by atoms with Crippen molar-refractivity contribution in [1.29, 1.82) is 0 Å². The van der Waals surface area contributed by atoms with Crippen LogP contribution in [0.2, 0.25) is 0 Å². The SMILES string of the molecule is COC1(c2cc(N3CCC(OCc4ccccc4)CC3)cc(Br)n2)CCOC1. The molecule has 2 fully saturated rings. The Bertz CT molecular complexity index is 773. The Morgan fingerprint density at radius 1 is 1.21 bits per heavy atom. The molecule has 1 aromatic carbocycles. The first-order valence-corrected chi connectivity index (χ1v) is 10.7. The van der Waals surface area contributed by atoms with Gasteiger partial charge in [0.2, 0.25) is 0 Å². The van der Waals surface area contributed by atoms with Crippen molar-refractivity contribution in [3.8, 4) is 0 Å². The molecule has 2 aliphatic heterocycles. The lowest BCUT2D eigenvalue weighted by molar-refractivity contribution is -0.0246. The summed E-state index contributed by atoms with van der Waals surface area (Å²) >= 11 is 3.58. The third kappa shape index (κ3) is 4.40. The molecule has 2 saturated heterocycles. The predicted molar refractivity (Wildman–Crippen MR) is 113 cm³/mol. The van der Waals surface area contributed by atoms with Gasteiger partial charge < -0.3 is 19.1 Å². The number of aromatic nitrogens is 1. The van der Waals surface area contributed by atoms with E-state index in [1.165, 1.54) is 11.3 Å². The van der Waals surface area contributed by atoms with Gasteiger partial charge in [-0.05, 0) is 46.5 Å². The molecule has 2 aliphatic rings. The summed E-state index contributed by atoms with van der Waals surface area (Å²) in [4.78, 5) is 7.11. The smallest absolute Gasteiger partial charge is 0.135 e. The molecule has 1 unspecified atom stereocenters. The van der Waals surface area contributed by atoms with Crippen molar-refractivity contribution in [3.63, 3.8) is 0 Å². The number of benzene rings is 1. The second-order valence-corrected chi connectivity index (χ2v) is 8.33. The van der Waals surface area contributed by atoms with Gasteiger partial charge in [0.15, 0.2) is 0 Å². The van der Waals surface area contributed by atoms with Crippen LogP contribution in [-0.2, 0) is 26.4 Å². The average molecular weight is 447 g/mol. The number of anilines is 1. The van der Waals surface area contributed by atoms with E-state index in [1.807, 2.05) is 6.07 Å². The molecule has 0 N–H and O–H groups in total. The van der Waals surface area contributed by atoms with Gasteiger partial charge in [0.1, 0.15) is 10.2 Å². The number of pyridine rings is 1. The van der Waals surface area contributed by atoms with Crippen molar-refractivity contribution in [3.05, 3.63) is 58.3 Å². The number of halogens is 1. The van der Waals surface area contributed by atoms with Crippen molar-refractivity contribution >= 4 is 21.6 Å². The standard InChI is InChI=1S/C22H27BrN2O3/c1-26-22(9-12-27-16-22)20-13-18(14-21(23)24-20)25-10-7-19(8-11-25)28-15-17-5-3-2-4-6-17/h2-6,13-14,19H,7-12,15-16H2,1H3. The van der Waals surface area contributed by atoms with Crippen molar-refractivity contribution < 1.29 is 14.2 Å². The lowest BCUT2D eigenvalue weighted by Crippen LogP contribution is -2.37. The number of piperidine rings is 1. The molecule has 1 atom stereocenters. The summed E-state index contributed by atoms with van der Waals surface area (Å²) in [6.07, 6.45) is 3.21. The van der Waals surface area contributed by atoms with Crippen LogP contribution in [0.25, 0.3) is 0 Å². The highest BCUT2D eigenvalue weighted by Crippen LogP contribution is 2.36. The highest BCUT2D eigenvalue weighted by atomic mass is 79.9. The number of hydrogen-bond acceptors (Lipinski definition) is 5. The summed E-state index contributed by atoms with van der Waals surface area (Å²) in [5, 5.41) is 0. The highest BCUT2D eigenvalue weighted by molar-refractivity contribution is 9.10. The predicted octanol–water partition coefficient (Wildman–Crippen LogP) is 4.29. The Morgan fingerprint density at radius 3 is 2.68 bits per heavy atom. The van der Waals surface area contributed by atoms with E-state index < -0.39 is 5.60 Å². The molecule has 6 heteroatoms. The quantitative estimate of drug-likeness (QED) is 0.619. The molecule has 150 valence electrons. The minimum absolute atomic E-state index is 0.315. The van der Waals surface area contributed by atoms with Gasteiger partial charge in [-0.25, -0.2) is 4.98 Å². The van der Waals surface area contributed by atoms with Crippen molar-refractivity contribution in [2.75, 3.05) is 38.3 Å². The van der Waals surface area contributed by atoms with Crippen molar-refractivity contribution in [1.82, 2.24) is 4.98 Å². The maximum atomic E-state index is 6.13. The van der Waals surface area contributed by atoms with Gasteiger partial charge in [-0.2, -0.15) is 0 Å². The Hall–Kier alpha value is -1.47. The summed E-state index contributed by atoms with van der Waals surface area (Å²) in [5.74, 6) is 0. The van der Waals surface area contributed by atoms with Crippen LogP contribution >= 0.6 is 15.9 Å². The van der Waals surface area contributed by atoms with Crippen molar-refractivity contribution in [2.45, 2.75) is 37.6 Å². The molecule has 2 aromatic rings. The fourth-order valence-electron chi connectivity index (χ4n) is 3.98. The van der Waals surface area contributed by atoms with Gasteiger partial charge in [-0.3, -0.25) is 0 Å². The van der Waals surface area contributed by atoms with Crippen LogP contribution in [0, 0.1) is 0 Å². The molecule has 0 amide bonds. The second-order valence-electron chi connectivity index (χ2n) is 7.52. The maximum absolute atomic E-state index is 6.13. The second kappa shape index (κ2) is 8.91. The van der Waals surface area contributed by atoms with E-state index in [4.69, 9.17) is 19.2 Å².